The number of hydrogen-bond donors (Lipinski definition) is 1. The molecule has 2 heterocycles. The van der Waals surface area contributed by atoms with Gasteiger partial charge >= 0.3 is 0 Å². The fraction of sp³-hybridized carbons (Fsp3) is 0.474. The first kappa shape index (κ1) is 18.5. The molecule has 3 rings (SSSR count). The summed E-state index contributed by atoms with van der Waals surface area (Å²) in [5.41, 5.74) is 1.01. The van der Waals surface area contributed by atoms with E-state index in [1.54, 1.807) is 6.20 Å². The number of halogens is 2. The van der Waals surface area contributed by atoms with Crippen LogP contribution in [0.1, 0.15) is 31.9 Å². The Labute approximate surface area is 152 Å². The molecule has 1 fully saturated rings. The minimum absolute atomic E-state index is 0.00642. The van der Waals surface area contributed by atoms with Crippen molar-refractivity contribution in [3.63, 3.8) is 0 Å². The fourth-order valence-corrected chi connectivity index (χ4v) is 3.28. The summed E-state index contributed by atoms with van der Waals surface area (Å²) in [6.07, 6.45) is 4.47. The third-order valence-electron chi connectivity index (χ3n) is 4.61. The van der Waals surface area contributed by atoms with Crippen LogP contribution in [-0.2, 0) is 11.3 Å². The van der Waals surface area contributed by atoms with Crippen LogP contribution in [0.15, 0.2) is 30.5 Å². The maximum atomic E-state index is 13.9. The van der Waals surface area contributed by atoms with Gasteiger partial charge in [-0.25, -0.2) is 13.5 Å². The molecule has 7 heteroatoms. The summed E-state index contributed by atoms with van der Waals surface area (Å²) in [5.74, 6) is -1.13. The lowest BCUT2D eigenvalue weighted by molar-refractivity contribution is -0.126. The molecule has 0 unspecified atom stereocenters. The molecule has 1 aliphatic heterocycles. The number of nitrogens with zero attached hydrogens (tertiary/aromatic N) is 3. The second kappa shape index (κ2) is 8.40. The molecular formula is C19H24F2N4O. The second-order valence-corrected chi connectivity index (χ2v) is 6.71. The lowest BCUT2D eigenvalue weighted by Gasteiger charge is -2.31. The van der Waals surface area contributed by atoms with Crippen LogP contribution in [0, 0.1) is 17.6 Å². The second-order valence-electron chi connectivity index (χ2n) is 6.71. The number of piperidine rings is 1. The largest absolute Gasteiger partial charge is 0.356 e. The number of rotatable bonds is 6. The van der Waals surface area contributed by atoms with Crippen molar-refractivity contribution in [2.24, 2.45) is 5.92 Å². The highest BCUT2D eigenvalue weighted by molar-refractivity contribution is 5.78. The Morgan fingerprint density at radius 2 is 2.19 bits per heavy atom. The highest BCUT2D eigenvalue weighted by Gasteiger charge is 2.25. The van der Waals surface area contributed by atoms with Crippen LogP contribution in [-0.4, -0.2) is 40.2 Å². The van der Waals surface area contributed by atoms with Crippen molar-refractivity contribution < 1.29 is 13.6 Å². The summed E-state index contributed by atoms with van der Waals surface area (Å²) in [7, 11) is 0. The van der Waals surface area contributed by atoms with Crippen molar-refractivity contribution in [2.75, 3.05) is 19.6 Å². The molecule has 0 bridgehead atoms. The molecule has 0 radical (unpaired) electrons. The van der Waals surface area contributed by atoms with Gasteiger partial charge in [0.25, 0.3) is 0 Å². The maximum Gasteiger partial charge on any atom is 0.224 e. The molecular weight excluding hydrogens is 338 g/mol. The van der Waals surface area contributed by atoms with E-state index in [-0.39, 0.29) is 17.5 Å². The SMILES string of the molecule is CCCNC(=O)[C@@H]1CCCN(Cc2ccn(-c3ccc(F)cc3F)n2)C1. The Kier molecular flexibility index (Phi) is 5.98. The predicted octanol–water partition coefficient (Wildman–Crippen LogP) is 2.89. The van der Waals surface area contributed by atoms with Gasteiger partial charge in [0.15, 0.2) is 5.82 Å². The summed E-state index contributed by atoms with van der Waals surface area (Å²) in [4.78, 5) is 14.4. The summed E-state index contributed by atoms with van der Waals surface area (Å²) >= 11 is 0. The average Bonchev–Trinajstić information content (AvgIpc) is 3.08. The van der Waals surface area contributed by atoms with Crippen LogP contribution < -0.4 is 5.32 Å². The molecule has 1 N–H and O–H groups in total. The normalized spacial score (nSPS) is 18.0. The van der Waals surface area contributed by atoms with Crippen LogP contribution in [0.5, 0.6) is 0 Å². The summed E-state index contributed by atoms with van der Waals surface area (Å²) < 4.78 is 28.4. The average molecular weight is 362 g/mol. The first-order valence-electron chi connectivity index (χ1n) is 9.07. The monoisotopic (exact) mass is 362 g/mol. The van der Waals surface area contributed by atoms with Gasteiger partial charge in [0.1, 0.15) is 11.5 Å². The number of hydrogen-bond acceptors (Lipinski definition) is 3. The lowest BCUT2D eigenvalue weighted by Crippen LogP contribution is -2.42. The standard InChI is InChI=1S/C19H24F2N4O/c1-2-8-22-19(26)14-4-3-9-24(12-14)13-16-7-10-25(23-16)18-6-5-15(20)11-17(18)21/h5-7,10-11,14H,2-4,8-9,12-13H2,1H3,(H,22,26)/t14-/m1/s1. The molecule has 0 spiro atoms. The van der Waals surface area contributed by atoms with E-state index in [4.69, 9.17) is 0 Å². The summed E-state index contributed by atoms with van der Waals surface area (Å²) in [6, 6.07) is 5.25. The number of amides is 1. The Morgan fingerprint density at radius 1 is 1.35 bits per heavy atom. The number of likely N-dealkylation sites (tertiary alicyclic amines) is 1. The van der Waals surface area contributed by atoms with Crippen molar-refractivity contribution in [2.45, 2.75) is 32.7 Å². The minimum atomic E-state index is -0.648. The number of aromatic nitrogens is 2. The number of nitrogens with one attached hydrogen (secondary N) is 1. The number of benzene rings is 1. The van der Waals surface area contributed by atoms with E-state index in [9.17, 15) is 13.6 Å². The Bertz CT molecular complexity index is 762. The minimum Gasteiger partial charge on any atom is -0.356 e. The third-order valence-corrected chi connectivity index (χ3v) is 4.61. The zero-order valence-corrected chi connectivity index (χ0v) is 14.9. The highest BCUT2D eigenvalue weighted by Crippen LogP contribution is 2.19. The van der Waals surface area contributed by atoms with E-state index >= 15 is 0 Å². The maximum absolute atomic E-state index is 13.9. The zero-order valence-electron chi connectivity index (χ0n) is 14.9. The van der Waals surface area contributed by atoms with Crippen molar-refractivity contribution in [3.8, 4) is 5.69 Å². The van der Waals surface area contributed by atoms with Crippen LogP contribution in [0.4, 0.5) is 8.78 Å². The van der Waals surface area contributed by atoms with Gasteiger partial charge < -0.3 is 5.32 Å². The van der Waals surface area contributed by atoms with Gasteiger partial charge in [0.05, 0.1) is 11.6 Å². The van der Waals surface area contributed by atoms with Crippen molar-refractivity contribution in [1.82, 2.24) is 20.0 Å². The molecule has 26 heavy (non-hydrogen) atoms. The molecule has 1 atom stereocenters. The topological polar surface area (TPSA) is 50.2 Å². The quantitative estimate of drug-likeness (QED) is 0.860. The lowest BCUT2D eigenvalue weighted by atomic mass is 9.97. The summed E-state index contributed by atoms with van der Waals surface area (Å²) in [5, 5.41) is 7.36. The van der Waals surface area contributed by atoms with Gasteiger partial charge in [-0.2, -0.15) is 5.10 Å². The summed E-state index contributed by atoms with van der Waals surface area (Å²) in [6.45, 7) is 4.97. The van der Waals surface area contributed by atoms with Crippen LogP contribution >= 0.6 is 0 Å². The van der Waals surface area contributed by atoms with Crippen molar-refractivity contribution in [1.29, 1.82) is 0 Å². The van der Waals surface area contributed by atoms with E-state index in [1.807, 2.05) is 13.0 Å². The van der Waals surface area contributed by atoms with Gasteiger partial charge in [-0.1, -0.05) is 6.92 Å². The highest BCUT2D eigenvalue weighted by atomic mass is 19.1. The van der Waals surface area contributed by atoms with E-state index in [0.29, 0.717) is 19.6 Å². The molecule has 0 saturated carbocycles. The molecule has 1 aromatic carbocycles. The van der Waals surface area contributed by atoms with Gasteiger partial charge in [-0.3, -0.25) is 9.69 Å². The van der Waals surface area contributed by atoms with Crippen LogP contribution in [0.25, 0.3) is 5.69 Å². The molecule has 1 aromatic heterocycles. The molecule has 1 amide bonds. The first-order valence-corrected chi connectivity index (χ1v) is 9.07. The zero-order chi connectivity index (χ0) is 18.5. The van der Waals surface area contributed by atoms with Crippen LogP contribution in [0.2, 0.25) is 0 Å². The first-order chi connectivity index (χ1) is 12.6. The molecule has 2 aromatic rings. The smallest absolute Gasteiger partial charge is 0.224 e. The molecule has 1 saturated heterocycles. The van der Waals surface area contributed by atoms with E-state index in [1.165, 1.54) is 16.8 Å². The van der Waals surface area contributed by atoms with E-state index < -0.39 is 11.6 Å². The van der Waals surface area contributed by atoms with Gasteiger partial charge in [0.2, 0.25) is 5.91 Å². The van der Waals surface area contributed by atoms with Crippen molar-refractivity contribution >= 4 is 5.91 Å². The van der Waals surface area contributed by atoms with Crippen LogP contribution in [0.3, 0.4) is 0 Å². The molecule has 5 nitrogen and oxygen atoms in total. The van der Waals surface area contributed by atoms with Crippen molar-refractivity contribution in [3.05, 3.63) is 47.8 Å². The van der Waals surface area contributed by atoms with E-state index in [0.717, 1.165) is 37.6 Å². The van der Waals surface area contributed by atoms with E-state index in [2.05, 4.69) is 15.3 Å². The third kappa shape index (κ3) is 4.46. The Balaban J connectivity index is 1.62. The molecule has 1 aliphatic rings. The number of carbonyl (C=O) groups is 1. The Hall–Kier alpha value is -2.28. The predicted molar refractivity (Wildman–Crippen MR) is 94.8 cm³/mol. The van der Waals surface area contributed by atoms with Gasteiger partial charge in [-0.15, -0.1) is 0 Å². The Morgan fingerprint density at radius 3 is 2.96 bits per heavy atom. The van der Waals surface area contributed by atoms with Gasteiger partial charge in [0, 0.05) is 31.9 Å². The number of carbonyl (C=O) groups excluding carboxylic acids is 1. The van der Waals surface area contributed by atoms with Gasteiger partial charge in [-0.05, 0) is 44.0 Å². The molecule has 0 aliphatic carbocycles. The molecule has 140 valence electrons. The fourth-order valence-electron chi connectivity index (χ4n) is 3.28.